The number of hydrogen-bond acceptors (Lipinski definition) is 7. The summed E-state index contributed by atoms with van der Waals surface area (Å²) in [5.74, 6) is 0.321. The topological polar surface area (TPSA) is 106 Å². The van der Waals surface area contributed by atoms with Crippen molar-refractivity contribution in [3.63, 3.8) is 0 Å². The maximum atomic E-state index is 12.1. The van der Waals surface area contributed by atoms with E-state index in [1.54, 1.807) is 24.3 Å². The van der Waals surface area contributed by atoms with E-state index in [4.69, 9.17) is 20.8 Å². The van der Waals surface area contributed by atoms with Gasteiger partial charge in [0.1, 0.15) is 5.75 Å². The number of nitrogens with zero attached hydrogens (tertiary/aromatic N) is 2. The van der Waals surface area contributed by atoms with Crippen LogP contribution in [0.15, 0.2) is 52.1 Å². The van der Waals surface area contributed by atoms with Crippen molar-refractivity contribution in [1.82, 2.24) is 15.5 Å². The summed E-state index contributed by atoms with van der Waals surface area (Å²) in [6.45, 7) is 3.87. The van der Waals surface area contributed by atoms with Crippen LogP contribution in [0.3, 0.4) is 0 Å². The highest BCUT2D eigenvalue weighted by Gasteiger charge is 2.12. The number of carbonyl (C=O) groups is 2. The lowest BCUT2D eigenvalue weighted by Crippen LogP contribution is -2.34. The first-order chi connectivity index (χ1) is 14.9. The Bertz CT molecular complexity index is 1060. The Morgan fingerprint density at radius 2 is 1.87 bits per heavy atom. The summed E-state index contributed by atoms with van der Waals surface area (Å²) in [5.41, 5.74) is 2.80. The van der Waals surface area contributed by atoms with Crippen molar-refractivity contribution in [2.75, 3.05) is 17.6 Å². The number of halogens is 1. The Balaban J connectivity index is 1.38. The van der Waals surface area contributed by atoms with E-state index in [0.29, 0.717) is 10.8 Å². The predicted molar refractivity (Wildman–Crippen MR) is 118 cm³/mol. The fraction of sp³-hybridized carbons (Fsp3) is 0.238. The molecule has 10 heteroatoms. The highest BCUT2D eigenvalue weighted by Crippen LogP contribution is 2.19. The molecular formula is C21H21ClN4O4S. The molecule has 0 saturated heterocycles. The summed E-state index contributed by atoms with van der Waals surface area (Å²) in [6.07, 6.45) is 0. The van der Waals surface area contributed by atoms with E-state index in [1.807, 2.05) is 32.0 Å². The van der Waals surface area contributed by atoms with Gasteiger partial charge in [-0.3, -0.25) is 9.59 Å². The highest BCUT2D eigenvalue weighted by molar-refractivity contribution is 7.99. The van der Waals surface area contributed by atoms with Crippen molar-refractivity contribution in [3.05, 3.63) is 64.5 Å². The summed E-state index contributed by atoms with van der Waals surface area (Å²) < 4.78 is 11.0. The molecule has 1 heterocycles. The second kappa shape index (κ2) is 10.8. The van der Waals surface area contributed by atoms with Crippen molar-refractivity contribution in [2.45, 2.75) is 25.7 Å². The number of aromatic nitrogens is 2. The minimum Gasteiger partial charge on any atom is -0.484 e. The molecule has 0 aliphatic rings. The molecule has 8 nitrogen and oxygen atoms in total. The third kappa shape index (κ3) is 7.01. The van der Waals surface area contributed by atoms with Gasteiger partial charge in [-0.25, -0.2) is 0 Å². The van der Waals surface area contributed by atoms with Gasteiger partial charge in [-0.05, 0) is 55.3 Å². The van der Waals surface area contributed by atoms with E-state index in [9.17, 15) is 9.59 Å². The molecule has 1 aromatic heterocycles. The maximum Gasteiger partial charge on any atom is 0.277 e. The second-order valence-corrected chi connectivity index (χ2v) is 7.93. The fourth-order valence-corrected chi connectivity index (χ4v) is 3.21. The zero-order valence-corrected chi connectivity index (χ0v) is 18.5. The van der Waals surface area contributed by atoms with Gasteiger partial charge in [0.05, 0.1) is 12.3 Å². The normalized spacial score (nSPS) is 10.5. The number of benzene rings is 2. The molecule has 2 amide bonds. The molecule has 0 aliphatic heterocycles. The highest BCUT2D eigenvalue weighted by atomic mass is 35.5. The number of ether oxygens (including phenoxy) is 1. The molecule has 31 heavy (non-hydrogen) atoms. The van der Waals surface area contributed by atoms with Crippen LogP contribution in [0.25, 0.3) is 0 Å². The Morgan fingerprint density at radius 3 is 2.65 bits per heavy atom. The molecule has 0 bridgehead atoms. The van der Waals surface area contributed by atoms with Crippen LogP contribution in [-0.4, -0.2) is 34.3 Å². The predicted octanol–water partition coefficient (Wildman–Crippen LogP) is 3.77. The van der Waals surface area contributed by atoms with E-state index in [-0.39, 0.29) is 41.8 Å². The average Bonchev–Trinajstić information content (AvgIpc) is 3.21. The van der Waals surface area contributed by atoms with Crippen molar-refractivity contribution < 1.29 is 18.7 Å². The van der Waals surface area contributed by atoms with Gasteiger partial charge >= 0.3 is 0 Å². The van der Waals surface area contributed by atoms with Gasteiger partial charge in [0.25, 0.3) is 11.1 Å². The standard InChI is InChI=1S/C21H21ClN4O4S/c1-13-4-3-5-17(14(13)2)24-18(27)10-23-19(28)12-31-21-26-25-20(30-21)11-29-16-8-6-15(22)7-9-16/h3-9H,10-12H2,1-2H3,(H,23,28)(H,24,27). The molecule has 0 aliphatic carbocycles. The number of aryl methyl sites for hydroxylation is 1. The Morgan fingerprint density at radius 1 is 1.10 bits per heavy atom. The van der Waals surface area contributed by atoms with E-state index < -0.39 is 0 Å². The summed E-state index contributed by atoms with van der Waals surface area (Å²) in [7, 11) is 0. The lowest BCUT2D eigenvalue weighted by Gasteiger charge is -2.10. The molecular weight excluding hydrogens is 440 g/mol. The number of hydrogen-bond donors (Lipinski definition) is 2. The third-order valence-corrected chi connectivity index (χ3v) is 5.35. The van der Waals surface area contributed by atoms with Gasteiger partial charge in [0.15, 0.2) is 6.61 Å². The number of thioether (sulfide) groups is 1. The van der Waals surface area contributed by atoms with Crippen molar-refractivity contribution in [3.8, 4) is 5.75 Å². The summed E-state index contributed by atoms with van der Waals surface area (Å²) in [6, 6.07) is 12.6. The number of carbonyl (C=O) groups excluding carboxylic acids is 2. The van der Waals surface area contributed by atoms with Crippen molar-refractivity contribution >= 4 is 40.9 Å². The Hall–Kier alpha value is -3.04. The van der Waals surface area contributed by atoms with E-state index in [0.717, 1.165) is 28.6 Å². The van der Waals surface area contributed by atoms with Crippen LogP contribution >= 0.6 is 23.4 Å². The molecule has 0 radical (unpaired) electrons. The van der Waals surface area contributed by atoms with Gasteiger partial charge in [0, 0.05) is 10.7 Å². The Kier molecular flexibility index (Phi) is 7.91. The van der Waals surface area contributed by atoms with Crippen LogP contribution in [0.5, 0.6) is 5.75 Å². The maximum absolute atomic E-state index is 12.1. The summed E-state index contributed by atoms with van der Waals surface area (Å²) in [4.78, 5) is 24.1. The first-order valence-corrected chi connectivity index (χ1v) is 10.7. The molecule has 162 valence electrons. The van der Waals surface area contributed by atoms with Crippen LogP contribution in [0.1, 0.15) is 17.0 Å². The first kappa shape index (κ1) is 22.6. The average molecular weight is 461 g/mol. The number of nitrogens with one attached hydrogen (secondary N) is 2. The molecule has 2 aromatic carbocycles. The lowest BCUT2D eigenvalue weighted by atomic mass is 10.1. The monoisotopic (exact) mass is 460 g/mol. The SMILES string of the molecule is Cc1cccc(NC(=O)CNC(=O)CSc2nnc(COc3ccc(Cl)cc3)o2)c1C. The third-order valence-electron chi connectivity index (χ3n) is 4.28. The van der Waals surface area contributed by atoms with Gasteiger partial charge in [-0.2, -0.15) is 0 Å². The van der Waals surface area contributed by atoms with E-state index in [1.165, 1.54) is 0 Å². The number of amides is 2. The van der Waals surface area contributed by atoms with Gasteiger partial charge in [0.2, 0.25) is 11.8 Å². The molecule has 0 spiro atoms. The van der Waals surface area contributed by atoms with Crippen molar-refractivity contribution in [1.29, 1.82) is 0 Å². The molecule has 0 atom stereocenters. The quantitative estimate of drug-likeness (QED) is 0.468. The van der Waals surface area contributed by atoms with Gasteiger partial charge < -0.3 is 19.8 Å². The van der Waals surface area contributed by atoms with Crippen LogP contribution in [0.4, 0.5) is 5.69 Å². The van der Waals surface area contributed by atoms with E-state index in [2.05, 4.69) is 20.8 Å². The molecule has 3 rings (SSSR count). The smallest absolute Gasteiger partial charge is 0.277 e. The van der Waals surface area contributed by atoms with Gasteiger partial charge in [-0.1, -0.05) is 35.5 Å². The summed E-state index contributed by atoms with van der Waals surface area (Å²) in [5, 5.41) is 14.0. The minimum atomic E-state index is -0.321. The number of anilines is 1. The van der Waals surface area contributed by atoms with Gasteiger partial charge in [-0.15, -0.1) is 10.2 Å². The Labute approximate surface area is 188 Å². The minimum absolute atomic E-state index is 0.0381. The fourth-order valence-electron chi connectivity index (χ4n) is 2.47. The van der Waals surface area contributed by atoms with E-state index >= 15 is 0 Å². The summed E-state index contributed by atoms with van der Waals surface area (Å²) >= 11 is 6.90. The van der Waals surface area contributed by atoms with Crippen LogP contribution < -0.4 is 15.4 Å². The van der Waals surface area contributed by atoms with Crippen LogP contribution in [0.2, 0.25) is 5.02 Å². The zero-order chi connectivity index (χ0) is 22.2. The molecule has 0 unspecified atom stereocenters. The molecule has 0 saturated carbocycles. The molecule has 2 N–H and O–H groups in total. The second-order valence-electron chi connectivity index (χ2n) is 6.57. The van der Waals surface area contributed by atoms with Crippen LogP contribution in [-0.2, 0) is 16.2 Å². The molecule has 0 fully saturated rings. The largest absolute Gasteiger partial charge is 0.484 e. The molecule has 3 aromatic rings. The lowest BCUT2D eigenvalue weighted by molar-refractivity contribution is -0.122. The number of rotatable bonds is 9. The van der Waals surface area contributed by atoms with Crippen molar-refractivity contribution in [2.24, 2.45) is 0 Å². The first-order valence-electron chi connectivity index (χ1n) is 9.37. The zero-order valence-electron chi connectivity index (χ0n) is 17.0. The van der Waals surface area contributed by atoms with Crippen LogP contribution in [0, 0.1) is 13.8 Å².